The molecular weight excluding hydrogens is 240 g/mol. The van der Waals surface area contributed by atoms with Gasteiger partial charge in [-0.3, -0.25) is 9.69 Å². The fourth-order valence-corrected chi connectivity index (χ4v) is 2.90. The van der Waals surface area contributed by atoms with E-state index in [-0.39, 0.29) is 6.04 Å². The summed E-state index contributed by atoms with van der Waals surface area (Å²) in [4.78, 5) is 13.7. The van der Waals surface area contributed by atoms with Gasteiger partial charge in [-0.2, -0.15) is 0 Å². The average Bonchev–Trinajstić information content (AvgIpc) is 2.36. The first kappa shape index (κ1) is 16.4. The molecule has 0 spiro atoms. The molecule has 1 aliphatic rings. The minimum atomic E-state index is -0.655. The summed E-state index contributed by atoms with van der Waals surface area (Å²) in [6, 6.07) is 0.0938. The summed E-state index contributed by atoms with van der Waals surface area (Å²) in [5, 5.41) is 12.9. The SMILES string of the molecule is CCCC(C(=O)O)N1CCCCC1CNCC(C)C. The summed E-state index contributed by atoms with van der Waals surface area (Å²) < 4.78 is 0. The molecule has 0 aromatic carbocycles. The number of nitrogens with one attached hydrogen (secondary N) is 1. The van der Waals surface area contributed by atoms with E-state index in [0.717, 1.165) is 45.3 Å². The summed E-state index contributed by atoms with van der Waals surface area (Å²) in [7, 11) is 0. The first-order valence-electron chi connectivity index (χ1n) is 7.75. The predicted octanol–water partition coefficient (Wildman–Crippen LogP) is 2.34. The normalized spacial score (nSPS) is 22.6. The van der Waals surface area contributed by atoms with Crippen LogP contribution in [0, 0.1) is 5.92 Å². The highest BCUT2D eigenvalue weighted by atomic mass is 16.4. The van der Waals surface area contributed by atoms with E-state index in [1.54, 1.807) is 0 Å². The van der Waals surface area contributed by atoms with E-state index >= 15 is 0 Å². The van der Waals surface area contributed by atoms with E-state index in [0.29, 0.717) is 12.0 Å². The molecule has 0 amide bonds. The molecule has 1 saturated heterocycles. The van der Waals surface area contributed by atoms with Crippen molar-refractivity contribution in [3.05, 3.63) is 0 Å². The number of carboxylic acid groups (broad SMARTS) is 1. The Balaban J connectivity index is 2.56. The van der Waals surface area contributed by atoms with Crippen LogP contribution in [0.25, 0.3) is 0 Å². The average molecular weight is 270 g/mol. The third-order valence-corrected chi connectivity index (χ3v) is 3.85. The molecule has 2 unspecified atom stereocenters. The number of hydrogen-bond donors (Lipinski definition) is 2. The van der Waals surface area contributed by atoms with Gasteiger partial charge >= 0.3 is 5.97 Å². The second-order valence-electron chi connectivity index (χ2n) is 6.08. The molecule has 4 nitrogen and oxygen atoms in total. The van der Waals surface area contributed by atoms with Crippen molar-refractivity contribution in [2.45, 2.75) is 65.0 Å². The molecule has 19 heavy (non-hydrogen) atoms. The molecular formula is C15H30N2O2. The van der Waals surface area contributed by atoms with Crippen LogP contribution < -0.4 is 5.32 Å². The fraction of sp³-hybridized carbons (Fsp3) is 0.933. The molecule has 1 heterocycles. The van der Waals surface area contributed by atoms with Crippen LogP contribution in [-0.4, -0.2) is 47.7 Å². The van der Waals surface area contributed by atoms with Gasteiger partial charge in [0.2, 0.25) is 0 Å². The molecule has 1 fully saturated rings. The standard InChI is InChI=1S/C15H30N2O2/c1-4-7-14(15(18)19)17-9-6-5-8-13(17)11-16-10-12(2)3/h12-14,16H,4-11H2,1-3H3,(H,18,19). The molecule has 1 aliphatic heterocycles. The monoisotopic (exact) mass is 270 g/mol. The lowest BCUT2D eigenvalue weighted by Gasteiger charge is -2.39. The maximum absolute atomic E-state index is 11.5. The Kier molecular flexibility index (Phi) is 7.39. The number of carbonyl (C=O) groups is 1. The van der Waals surface area contributed by atoms with Crippen molar-refractivity contribution in [1.82, 2.24) is 10.2 Å². The maximum Gasteiger partial charge on any atom is 0.320 e. The zero-order valence-corrected chi connectivity index (χ0v) is 12.7. The Hall–Kier alpha value is -0.610. The number of piperidine rings is 1. The molecule has 0 aromatic rings. The van der Waals surface area contributed by atoms with Gasteiger partial charge in [-0.05, 0) is 38.3 Å². The summed E-state index contributed by atoms with van der Waals surface area (Å²) in [5.41, 5.74) is 0. The topological polar surface area (TPSA) is 52.6 Å². The van der Waals surface area contributed by atoms with Crippen LogP contribution in [0.1, 0.15) is 52.9 Å². The zero-order chi connectivity index (χ0) is 14.3. The number of carboxylic acids is 1. The Bertz CT molecular complexity index is 269. The third-order valence-electron chi connectivity index (χ3n) is 3.85. The second kappa shape index (κ2) is 8.54. The lowest BCUT2D eigenvalue weighted by Crippen LogP contribution is -2.53. The molecule has 4 heteroatoms. The van der Waals surface area contributed by atoms with Gasteiger partial charge in [0.1, 0.15) is 6.04 Å². The number of rotatable bonds is 8. The largest absolute Gasteiger partial charge is 0.480 e. The summed E-state index contributed by atoms with van der Waals surface area (Å²) in [6.45, 7) is 9.32. The predicted molar refractivity (Wildman–Crippen MR) is 78.4 cm³/mol. The number of nitrogens with zero attached hydrogens (tertiary/aromatic N) is 1. The molecule has 2 atom stereocenters. The van der Waals surface area contributed by atoms with Crippen LogP contribution in [0.3, 0.4) is 0 Å². The Morgan fingerprint density at radius 3 is 2.74 bits per heavy atom. The first-order chi connectivity index (χ1) is 9.06. The van der Waals surface area contributed by atoms with Gasteiger partial charge < -0.3 is 10.4 Å². The van der Waals surface area contributed by atoms with Crippen molar-refractivity contribution < 1.29 is 9.90 Å². The highest BCUT2D eigenvalue weighted by Gasteiger charge is 2.32. The van der Waals surface area contributed by atoms with Crippen molar-refractivity contribution in [1.29, 1.82) is 0 Å². The van der Waals surface area contributed by atoms with Gasteiger partial charge in [0, 0.05) is 12.6 Å². The van der Waals surface area contributed by atoms with Crippen LogP contribution in [0.15, 0.2) is 0 Å². The van der Waals surface area contributed by atoms with Gasteiger partial charge in [-0.25, -0.2) is 0 Å². The second-order valence-corrected chi connectivity index (χ2v) is 6.08. The van der Waals surface area contributed by atoms with E-state index in [9.17, 15) is 9.90 Å². The molecule has 1 rings (SSSR count). The lowest BCUT2D eigenvalue weighted by atomic mass is 9.97. The molecule has 0 bridgehead atoms. The minimum Gasteiger partial charge on any atom is -0.480 e. The number of hydrogen-bond acceptors (Lipinski definition) is 3. The summed E-state index contributed by atoms with van der Waals surface area (Å²) in [5.74, 6) is -0.0134. The van der Waals surface area contributed by atoms with Crippen LogP contribution in [0.5, 0.6) is 0 Å². The summed E-state index contributed by atoms with van der Waals surface area (Å²) >= 11 is 0. The fourth-order valence-electron chi connectivity index (χ4n) is 2.90. The third kappa shape index (κ3) is 5.49. The zero-order valence-electron chi connectivity index (χ0n) is 12.7. The molecule has 112 valence electrons. The van der Waals surface area contributed by atoms with Crippen molar-refractivity contribution in [2.24, 2.45) is 5.92 Å². The number of likely N-dealkylation sites (tertiary alicyclic amines) is 1. The van der Waals surface area contributed by atoms with Crippen molar-refractivity contribution in [3.8, 4) is 0 Å². The van der Waals surface area contributed by atoms with E-state index in [1.807, 2.05) is 0 Å². The van der Waals surface area contributed by atoms with Crippen LogP contribution in [0.2, 0.25) is 0 Å². The Labute approximate surface area is 117 Å². The quantitative estimate of drug-likeness (QED) is 0.711. The van der Waals surface area contributed by atoms with Gasteiger partial charge in [-0.1, -0.05) is 33.6 Å². The highest BCUT2D eigenvalue weighted by molar-refractivity contribution is 5.73. The van der Waals surface area contributed by atoms with Gasteiger partial charge in [0.15, 0.2) is 0 Å². The molecule has 0 aromatic heterocycles. The van der Waals surface area contributed by atoms with Crippen molar-refractivity contribution in [2.75, 3.05) is 19.6 Å². The van der Waals surface area contributed by atoms with E-state index in [4.69, 9.17) is 0 Å². The minimum absolute atomic E-state index is 0.295. The smallest absolute Gasteiger partial charge is 0.320 e. The number of aliphatic carboxylic acids is 1. The Morgan fingerprint density at radius 2 is 2.16 bits per heavy atom. The highest BCUT2D eigenvalue weighted by Crippen LogP contribution is 2.21. The van der Waals surface area contributed by atoms with Crippen LogP contribution in [0.4, 0.5) is 0 Å². The van der Waals surface area contributed by atoms with Crippen LogP contribution in [-0.2, 0) is 4.79 Å². The van der Waals surface area contributed by atoms with Crippen molar-refractivity contribution in [3.63, 3.8) is 0 Å². The maximum atomic E-state index is 11.5. The van der Waals surface area contributed by atoms with Gasteiger partial charge in [-0.15, -0.1) is 0 Å². The van der Waals surface area contributed by atoms with E-state index < -0.39 is 5.97 Å². The molecule has 0 radical (unpaired) electrons. The van der Waals surface area contributed by atoms with E-state index in [1.165, 1.54) is 6.42 Å². The van der Waals surface area contributed by atoms with Gasteiger partial charge in [0.05, 0.1) is 0 Å². The van der Waals surface area contributed by atoms with E-state index in [2.05, 4.69) is 31.0 Å². The van der Waals surface area contributed by atoms with Gasteiger partial charge in [0.25, 0.3) is 0 Å². The molecule has 0 saturated carbocycles. The lowest BCUT2D eigenvalue weighted by molar-refractivity contribution is -0.145. The summed E-state index contributed by atoms with van der Waals surface area (Å²) in [6.07, 6.45) is 5.17. The van der Waals surface area contributed by atoms with Crippen LogP contribution >= 0.6 is 0 Å². The Morgan fingerprint density at radius 1 is 1.42 bits per heavy atom. The first-order valence-corrected chi connectivity index (χ1v) is 7.75. The molecule has 0 aliphatic carbocycles. The molecule has 2 N–H and O–H groups in total. The van der Waals surface area contributed by atoms with Crippen molar-refractivity contribution >= 4 is 5.97 Å².